The average Bonchev–Trinajstić information content (AvgIpc) is 2.40. The number of nitrogens with zero attached hydrogens (tertiary/aromatic N) is 1. The first-order valence-electron chi connectivity index (χ1n) is 6.51. The number of ether oxygens (including phenoxy) is 1. The first-order chi connectivity index (χ1) is 9.10. The second-order valence-electron chi connectivity index (χ2n) is 4.33. The fourth-order valence-corrected chi connectivity index (χ4v) is 1.78. The quantitative estimate of drug-likeness (QED) is 0.328. The van der Waals surface area contributed by atoms with Crippen LogP contribution < -0.4 is 0 Å². The number of non-ortho nitro benzene ring substituents is 1. The van der Waals surface area contributed by atoms with E-state index in [2.05, 4.69) is 0 Å². The Bertz CT molecular complexity index is 428. The van der Waals surface area contributed by atoms with E-state index in [0.717, 1.165) is 18.4 Å². The summed E-state index contributed by atoms with van der Waals surface area (Å²) < 4.78 is 5.19. The average molecular weight is 265 g/mol. The Morgan fingerprint density at radius 2 is 1.95 bits per heavy atom. The highest BCUT2D eigenvalue weighted by Gasteiger charge is 2.20. The molecule has 0 saturated carbocycles. The van der Waals surface area contributed by atoms with Crippen molar-refractivity contribution >= 4 is 11.7 Å². The van der Waals surface area contributed by atoms with E-state index < -0.39 is 4.92 Å². The van der Waals surface area contributed by atoms with Crippen molar-refractivity contribution in [3.05, 3.63) is 39.9 Å². The molecule has 0 aromatic heterocycles. The fraction of sp³-hybridized carbons (Fsp3) is 0.500. The second kappa shape index (κ2) is 7.51. The van der Waals surface area contributed by atoms with Crippen LogP contribution in [0.15, 0.2) is 24.3 Å². The first-order valence-corrected chi connectivity index (χ1v) is 6.51. The number of hydrogen-bond acceptors (Lipinski definition) is 4. The molecule has 0 saturated heterocycles. The molecule has 0 radical (unpaired) electrons. The van der Waals surface area contributed by atoms with E-state index in [9.17, 15) is 14.9 Å². The first kappa shape index (κ1) is 15.1. The van der Waals surface area contributed by atoms with Gasteiger partial charge >= 0.3 is 5.97 Å². The van der Waals surface area contributed by atoms with Crippen LogP contribution in [0.4, 0.5) is 5.69 Å². The van der Waals surface area contributed by atoms with E-state index in [1.165, 1.54) is 12.1 Å². The van der Waals surface area contributed by atoms with Crippen molar-refractivity contribution < 1.29 is 14.5 Å². The molecule has 0 N–H and O–H groups in total. The van der Waals surface area contributed by atoms with Gasteiger partial charge in [-0.3, -0.25) is 14.9 Å². The predicted molar refractivity (Wildman–Crippen MR) is 72.0 cm³/mol. The van der Waals surface area contributed by atoms with E-state index >= 15 is 0 Å². The summed E-state index contributed by atoms with van der Waals surface area (Å²) in [4.78, 5) is 22.0. The van der Waals surface area contributed by atoms with Gasteiger partial charge in [0.2, 0.25) is 0 Å². The van der Waals surface area contributed by atoms with Gasteiger partial charge in [0.15, 0.2) is 0 Å². The molecular formula is C14H19NO4. The highest BCUT2D eigenvalue weighted by molar-refractivity contribution is 5.78. The van der Waals surface area contributed by atoms with E-state index in [1.807, 2.05) is 13.8 Å². The summed E-state index contributed by atoms with van der Waals surface area (Å²) >= 11 is 0. The summed E-state index contributed by atoms with van der Waals surface area (Å²) in [5.41, 5.74) is 0.785. The highest BCUT2D eigenvalue weighted by Crippen LogP contribution is 2.23. The number of hydrogen-bond donors (Lipinski definition) is 0. The summed E-state index contributed by atoms with van der Waals surface area (Å²) in [5, 5.41) is 10.6. The van der Waals surface area contributed by atoms with Gasteiger partial charge in [-0.05, 0) is 18.4 Å². The van der Waals surface area contributed by atoms with Crippen LogP contribution in [0.25, 0.3) is 0 Å². The Morgan fingerprint density at radius 1 is 1.32 bits per heavy atom. The van der Waals surface area contributed by atoms with Crippen LogP contribution in [0, 0.1) is 10.1 Å². The van der Waals surface area contributed by atoms with Gasteiger partial charge in [-0.25, -0.2) is 0 Å². The third-order valence-corrected chi connectivity index (χ3v) is 2.94. The van der Waals surface area contributed by atoms with Crippen molar-refractivity contribution in [3.8, 4) is 0 Å². The number of nitro groups is 1. The molecule has 1 rings (SSSR count). The van der Waals surface area contributed by atoms with Crippen molar-refractivity contribution in [2.75, 3.05) is 6.61 Å². The van der Waals surface area contributed by atoms with Crippen LogP contribution >= 0.6 is 0 Å². The lowest BCUT2D eigenvalue weighted by Crippen LogP contribution is -2.16. The minimum atomic E-state index is -0.454. The van der Waals surface area contributed by atoms with Crippen LogP contribution in [-0.2, 0) is 9.53 Å². The van der Waals surface area contributed by atoms with E-state index in [1.54, 1.807) is 12.1 Å². The molecule has 5 heteroatoms. The molecule has 1 atom stereocenters. The zero-order valence-corrected chi connectivity index (χ0v) is 11.3. The fourth-order valence-electron chi connectivity index (χ4n) is 1.78. The Hall–Kier alpha value is -1.91. The smallest absolute Gasteiger partial charge is 0.313 e. The minimum Gasteiger partial charge on any atom is -0.465 e. The maximum Gasteiger partial charge on any atom is 0.313 e. The number of unbranched alkanes of at least 4 members (excludes halogenated alkanes) is 1. The molecule has 1 aromatic carbocycles. The van der Waals surface area contributed by atoms with Gasteiger partial charge in [0.05, 0.1) is 17.4 Å². The van der Waals surface area contributed by atoms with Crippen molar-refractivity contribution in [1.82, 2.24) is 0 Å². The normalized spacial score (nSPS) is 11.9. The number of carbonyl (C=O) groups excluding carboxylic acids is 1. The molecule has 1 unspecified atom stereocenters. The Morgan fingerprint density at radius 3 is 2.42 bits per heavy atom. The molecule has 0 aliphatic rings. The molecular weight excluding hydrogens is 246 g/mol. The van der Waals surface area contributed by atoms with Gasteiger partial charge in [-0.2, -0.15) is 0 Å². The Labute approximate surface area is 112 Å². The number of rotatable bonds is 7. The lowest BCUT2D eigenvalue weighted by atomic mass is 9.96. The summed E-state index contributed by atoms with van der Waals surface area (Å²) in [6.45, 7) is 4.35. The third-order valence-electron chi connectivity index (χ3n) is 2.94. The van der Waals surface area contributed by atoms with Crippen LogP contribution in [0.5, 0.6) is 0 Å². The van der Waals surface area contributed by atoms with Crippen molar-refractivity contribution in [3.63, 3.8) is 0 Å². The van der Waals surface area contributed by atoms with Gasteiger partial charge in [0, 0.05) is 12.1 Å². The molecule has 5 nitrogen and oxygen atoms in total. The van der Waals surface area contributed by atoms with Gasteiger partial charge in [0.1, 0.15) is 0 Å². The third kappa shape index (κ3) is 4.35. The molecule has 0 spiro atoms. The van der Waals surface area contributed by atoms with Crippen molar-refractivity contribution in [2.45, 2.75) is 39.0 Å². The lowest BCUT2D eigenvalue weighted by molar-refractivity contribution is -0.384. The van der Waals surface area contributed by atoms with Gasteiger partial charge in [0.25, 0.3) is 5.69 Å². The maximum absolute atomic E-state index is 11.9. The van der Waals surface area contributed by atoms with Crippen molar-refractivity contribution in [1.29, 1.82) is 0 Å². The number of carbonyl (C=O) groups is 1. The molecule has 1 aromatic rings. The zero-order chi connectivity index (χ0) is 14.3. The summed E-state index contributed by atoms with van der Waals surface area (Å²) in [5.74, 6) is -0.609. The topological polar surface area (TPSA) is 69.4 Å². The van der Waals surface area contributed by atoms with Crippen LogP contribution in [0.1, 0.15) is 44.6 Å². The lowest BCUT2D eigenvalue weighted by Gasteiger charge is -2.14. The molecule has 0 aliphatic carbocycles. The Kier molecular flexibility index (Phi) is 5.99. The van der Waals surface area contributed by atoms with Gasteiger partial charge in [-0.1, -0.05) is 32.4 Å². The molecule has 0 aliphatic heterocycles. The van der Waals surface area contributed by atoms with Crippen LogP contribution in [0.3, 0.4) is 0 Å². The number of benzene rings is 1. The van der Waals surface area contributed by atoms with E-state index in [4.69, 9.17) is 4.74 Å². The molecule has 19 heavy (non-hydrogen) atoms. The number of nitro benzene ring substituents is 1. The molecule has 0 heterocycles. The van der Waals surface area contributed by atoms with Gasteiger partial charge in [-0.15, -0.1) is 0 Å². The second-order valence-corrected chi connectivity index (χ2v) is 4.33. The standard InChI is InChI=1S/C14H19NO4/c1-3-5-10-19-14(16)13(4-2)11-6-8-12(9-7-11)15(17)18/h6-9,13H,3-5,10H2,1-2H3. The Balaban J connectivity index is 2.73. The molecule has 0 fully saturated rings. The monoisotopic (exact) mass is 265 g/mol. The molecule has 0 bridgehead atoms. The van der Waals surface area contributed by atoms with Crippen LogP contribution in [0.2, 0.25) is 0 Å². The molecule has 104 valence electrons. The summed E-state index contributed by atoms with van der Waals surface area (Å²) in [6, 6.07) is 6.06. The zero-order valence-electron chi connectivity index (χ0n) is 11.3. The van der Waals surface area contributed by atoms with E-state index in [-0.39, 0.29) is 17.6 Å². The number of esters is 1. The summed E-state index contributed by atoms with van der Waals surface area (Å²) in [6.07, 6.45) is 2.44. The predicted octanol–water partition coefficient (Wildman–Crippen LogP) is 3.43. The maximum atomic E-state index is 11.9. The van der Waals surface area contributed by atoms with Crippen LogP contribution in [-0.4, -0.2) is 17.5 Å². The molecule has 0 amide bonds. The van der Waals surface area contributed by atoms with Gasteiger partial charge < -0.3 is 4.74 Å². The summed E-state index contributed by atoms with van der Waals surface area (Å²) in [7, 11) is 0. The largest absolute Gasteiger partial charge is 0.465 e. The minimum absolute atomic E-state index is 0.0259. The van der Waals surface area contributed by atoms with Crippen molar-refractivity contribution in [2.24, 2.45) is 0 Å². The SMILES string of the molecule is CCCCOC(=O)C(CC)c1ccc([N+](=O)[O-])cc1. The highest BCUT2D eigenvalue weighted by atomic mass is 16.6. The van der Waals surface area contributed by atoms with E-state index in [0.29, 0.717) is 13.0 Å².